The highest BCUT2D eigenvalue weighted by atomic mass is 35.5. The number of carbonyl (C=O) groups is 1. The first-order valence-electron chi connectivity index (χ1n) is 11.3. The van der Waals surface area contributed by atoms with Crippen molar-refractivity contribution in [3.05, 3.63) is 64.1 Å². The lowest BCUT2D eigenvalue weighted by Gasteiger charge is -2.46. The number of amides is 1. The largest absolute Gasteiger partial charge is 0.320 e. The Balaban J connectivity index is 1.55. The van der Waals surface area contributed by atoms with Crippen molar-refractivity contribution >= 4 is 39.1 Å². The third kappa shape index (κ3) is 4.66. The van der Waals surface area contributed by atoms with Gasteiger partial charge in [0.05, 0.1) is 26.6 Å². The third-order valence-electron chi connectivity index (χ3n) is 6.83. The van der Waals surface area contributed by atoms with Crippen molar-refractivity contribution in [2.45, 2.75) is 62.2 Å². The van der Waals surface area contributed by atoms with Gasteiger partial charge in [-0.3, -0.25) is 10.1 Å². The van der Waals surface area contributed by atoms with Crippen LogP contribution in [0, 0.1) is 0 Å². The first-order valence-corrected chi connectivity index (χ1v) is 13.5. The van der Waals surface area contributed by atoms with Crippen molar-refractivity contribution in [1.82, 2.24) is 14.5 Å². The van der Waals surface area contributed by atoms with Crippen LogP contribution in [0.2, 0.25) is 10.0 Å². The van der Waals surface area contributed by atoms with Gasteiger partial charge >= 0.3 is 0 Å². The van der Waals surface area contributed by atoms with Crippen LogP contribution in [0.3, 0.4) is 0 Å². The maximum Gasteiger partial charge on any atom is 0.243 e. The molecule has 2 fully saturated rings. The summed E-state index contributed by atoms with van der Waals surface area (Å²) in [6.45, 7) is 4.76. The van der Waals surface area contributed by atoms with Gasteiger partial charge in [-0.25, -0.2) is 8.42 Å². The Morgan fingerprint density at radius 3 is 2.36 bits per heavy atom. The van der Waals surface area contributed by atoms with Crippen molar-refractivity contribution in [2.75, 3.05) is 13.1 Å². The van der Waals surface area contributed by atoms with Crippen LogP contribution in [0.5, 0.6) is 0 Å². The molecule has 2 saturated heterocycles. The number of hydrogen-bond acceptors (Lipinski definition) is 4. The molecule has 2 atom stereocenters. The number of carbonyl (C=O) groups excluding carboxylic acids is 1. The van der Waals surface area contributed by atoms with E-state index in [1.54, 1.807) is 0 Å². The fourth-order valence-electron chi connectivity index (χ4n) is 4.91. The van der Waals surface area contributed by atoms with E-state index < -0.39 is 15.7 Å². The summed E-state index contributed by atoms with van der Waals surface area (Å²) in [4.78, 5) is 15.6. The number of nitrogens with one attached hydrogen (secondary N) is 1. The van der Waals surface area contributed by atoms with E-state index in [0.717, 1.165) is 12.0 Å². The van der Waals surface area contributed by atoms with E-state index in [1.165, 1.54) is 22.5 Å². The number of hydrogen-bond donors (Lipinski definition) is 1. The minimum absolute atomic E-state index is 0.0593. The molecular weight excluding hydrogens is 481 g/mol. The van der Waals surface area contributed by atoms with Crippen LogP contribution >= 0.6 is 23.2 Å². The first kappa shape index (κ1) is 24.5. The van der Waals surface area contributed by atoms with E-state index in [2.05, 4.69) is 19.2 Å². The SMILES string of the molecule is CC[C@@H](C)N1C(=O)[C@H](Cc2ccccc2)NC12CCN(S(=O)(=O)c1ccc(Cl)c(Cl)c1)CC2. The van der Waals surface area contributed by atoms with Gasteiger partial charge in [0, 0.05) is 19.1 Å². The Hall–Kier alpha value is -1.64. The van der Waals surface area contributed by atoms with Gasteiger partial charge in [-0.1, -0.05) is 60.5 Å². The molecule has 2 aliphatic rings. The second-order valence-corrected chi connectivity index (χ2v) is 11.6. The summed E-state index contributed by atoms with van der Waals surface area (Å²) in [6.07, 6.45) is 2.49. The molecule has 2 aromatic carbocycles. The summed E-state index contributed by atoms with van der Waals surface area (Å²) in [5, 5.41) is 4.14. The van der Waals surface area contributed by atoms with Crippen LogP contribution in [0.25, 0.3) is 0 Å². The average molecular weight is 510 g/mol. The van der Waals surface area contributed by atoms with Crippen molar-refractivity contribution in [3.63, 3.8) is 0 Å². The maximum atomic E-state index is 13.5. The van der Waals surface area contributed by atoms with Crippen LogP contribution < -0.4 is 5.32 Å². The fourth-order valence-corrected chi connectivity index (χ4v) is 6.74. The van der Waals surface area contributed by atoms with Crippen molar-refractivity contribution in [1.29, 1.82) is 0 Å². The Kier molecular flexibility index (Phi) is 7.08. The molecule has 0 aromatic heterocycles. The Morgan fingerprint density at radius 2 is 1.76 bits per heavy atom. The molecule has 1 amide bonds. The monoisotopic (exact) mass is 509 g/mol. The lowest BCUT2D eigenvalue weighted by Crippen LogP contribution is -2.61. The van der Waals surface area contributed by atoms with E-state index in [9.17, 15) is 13.2 Å². The van der Waals surface area contributed by atoms with E-state index in [0.29, 0.717) is 37.4 Å². The van der Waals surface area contributed by atoms with Crippen LogP contribution in [0.4, 0.5) is 0 Å². The van der Waals surface area contributed by atoms with Gasteiger partial charge in [-0.2, -0.15) is 4.31 Å². The molecule has 6 nitrogen and oxygen atoms in total. The van der Waals surface area contributed by atoms with Crippen molar-refractivity contribution in [2.24, 2.45) is 0 Å². The van der Waals surface area contributed by atoms with Gasteiger partial charge in [0.1, 0.15) is 0 Å². The molecule has 2 aromatic rings. The first-order chi connectivity index (χ1) is 15.7. The van der Waals surface area contributed by atoms with E-state index in [1.807, 2.05) is 35.2 Å². The zero-order valence-corrected chi connectivity index (χ0v) is 21.1. The van der Waals surface area contributed by atoms with Gasteiger partial charge in [-0.05, 0) is 56.4 Å². The number of sulfonamides is 1. The Bertz CT molecular complexity index is 1120. The van der Waals surface area contributed by atoms with Gasteiger partial charge in [0.25, 0.3) is 0 Å². The minimum Gasteiger partial charge on any atom is -0.320 e. The van der Waals surface area contributed by atoms with Crippen LogP contribution in [-0.2, 0) is 21.2 Å². The second kappa shape index (κ2) is 9.55. The molecule has 33 heavy (non-hydrogen) atoms. The van der Waals surface area contributed by atoms with Crippen molar-refractivity contribution < 1.29 is 13.2 Å². The minimum atomic E-state index is -3.71. The number of halogens is 2. The molecule has 0 radical (unpaired) electrons. The second-order valence-electron chi connectivity index (χ2n) is 8.86. The smallest absolute Gasteiger partial charge is 0.243 e. The molecular formula is C24H29Cl2N3O3S. The van der Waals surface area contributed by atoms with Crippen molar-refractivity contribution in [3.8, 4) is 0 Å². The fraction of sp³-hybridized carbons (Fsp3) is 0.458. The standard InChI is InChI=1S/C24H29Cl2N3O3S/c1-3-17(2)29-23(30)22(15-18-7-5-4-6-8-18)27-24(29)11-13-28(14-12-24)33(31,32)19-9-10-20(25)21(26)16-19/h4-10,16-17,22,27H,3,11-15H2,1-2H3/t17-,22+/m1/s1. The van der Waals surface area contributed by atoms with Crippen LogP contribution in [0.1, 0.15) is 38.7 Å². The Morgan fingerprint density at radius 1 is 1.09 bits per heavy atom. The van der Waals surface area contributed by atoms with E-state index in [-0.39, 0.29) is 27.9 Å². The number of rotatable bonds is 6. The van der Waals surface area contributed by atoms with E-state index >= 15 is 0 Å². The number of benzene rings is 2. The van der Waals surface area contributed by atoms with Gasteiger partial charge < -0.3 is 4.90 Å². The highest BCUT2D eigenvalue weighted by Crippen LogP contribution is 2.37. The predicted molar refractivity (Wildman–Crippen MR) is 131 cm³/mol. The molecule has 178 valence electrons. The zero-order valence-electron chi connectivity index (χ0n) is 18.8. The third-order valence-corrected chi connectivity index (χ3v) is 9.47. The summed E-state index contributed by atoms with van der Waals surface area (Å²) >= 11 is 12.0. The lowest BCUT2D eigenvalue weighted by atomic mass is 9.95. The van der Waals surface area contributed by atoms with Gasteiger partial charge in [0.15, 0.2) is 0 Å². The summed E-state index contributed by atoms with van der Waals surface area (Å²) < 4.78 is 27.9. The Labute approximate surface area is 205 Å². The number of piperidine rings is 1. The topological polar surface area (TPSA) is 69.7 Å². The highest BCUT2D eigenvalue weighted by molar-refractivity contribution is 7.89. The zero-order chi connectivity index (χ0) is 23.8. The van der Waals surface area contributed by atoms with Crippen LogP contribution in [0.15, 0.2) is 53.4 Å². The average Bonchev–Trinajstić information content (AvgIpc) is 3.06. The molecule has 9 heteroatoms. The molecule has 0 bridgehead atoms. The summed E-state index contributed by atoms with van der Waals surface area (Å²) in [5.74, 6) is 0.0917. The summed E-state index contributed by atoms with van der Waals surface area (Å²) in [7, 11) is -3.71. The molecule has 1 spiro atoms. The summed E-state index contributed by atoms with van der Waals surface area (Å²) in [6, 6.07) is 14.1. The molecule has 1 N–H and O–H groups in total. The number of nitrogens with zero attached hydrogens (tertiary/aromatic N) is 2. The van der Waals surface area contributed by atoms with Gasteiger partial charge in [0.2, 0.25) is 15.9 Å². The van der Waals surface area contributed by atoms with Gasteiger partial charge in [-0.15, -0.1) is 0 Å². The van der Waals surface area contributed by atoms with E-state index in [4.69, 9.17) is 23.2 Å². The molecule has 0 aliphatic carbocycles. The maximum absolute atomic E-state index is 13.5. The highest BCUT2D eigenvalue weighted by Gasteiger charge is 2.53. The molecule has 0 unspecified atom stereocenters. The van der Waals surface area contributed by atoms with Crippen LogP contribution in [-0.4, -0.2) is 54.4 Å². The molecule has 4 rings (SSSR count). The lowest BCUT2D eigenvalue weighted by molar-refractivity contribution is -0.136. The predicted octanol–water partition coefficient (Wildman–Crippen LogP) is 4.32. The molecule has 0 saturated carbocycles. The summed E-state index contributed by atoms with van der Waals surface area (Å²) in [5.41, 5.74) is 0.555. The molecule has 2 heterocycles. The molecule has 2 aliphatic heterocycles. The normalized spacial score (nSPS) is 22.1. The quantitative estimate of drug-likeness (QED) is 0.629.